The van der Waals surface area contributed by atoms with E-state index in [-0.39, 0.29) is 17.7 Å². The van der Waals surface area contributed by atoms with Crippen LogP contribution in [0.15, 0.2) is 0 Å². The van der Waals surface area contributed by atoms with Crippen molar-refractivity contribution in [3.8, 4) is 0 Å². The number of nitrogens with one attached hydrogen (secondary N) is 1. The van der Waals surface area contributed by atoms with E-state index in [4.69, 9.17) is 0 Å². The zero-order valence-corrected chi connectivity index (χ0v) is 9.19. The van der Waals surface area contributed by atoms with Gasteiger partial charge in [0, 0.05) is 40.2 Å². The molecule has 1 atom stereocenters. The predicted molar refractivity (Wildman–Crippen MR) is 55.2 cm³/mol. The van der Waals surface area contributed by atoms with E-state index >= 15 is 0 Å². The fourth-order valence-corrected chi connectivity index (χ4v) is 2.11. The van der Waals surface area contributed by atoms with Crippen molar-refractivity contribution >= 4 is 11.8 Å². The molecule has 0 bridgehead atoms. The van der Waals surface area contributed by atoms with Gasteiger partial charge in [-0.1, -0.05) is 0 Å². The SMILES string of the molecule is CN(C)C(=O)C1CC(=O)N(C2CNC2)C1. The molecule has 0 aromatic carbocycles. The quantitative estimate of drug-likeness (QED) is 0.630. The van der Waals surface area contributed by atoms with Crippen molar-refractivity contribution in [3.63, 3.8) is 0 Å². The summed E-state index contributed by atoms with van der Waals surface area (Å²) in [4.78, 5) is 26.8. The molecular formula is C10H17N3O2. The lowest BCUT2D eigenvalue weighted by atomic mass is 10.1. The van der Waals surface area contributed by atoms with Crippen molar-refractivity contribution in [2.75, 3.05) is 33.7 Å². The molecule has 1 unspecified atom stereocenters. The molecule has 5 heteroatoms. The monoisotopic (exact) mass is 211 g/mol. The molecule has 0 aliphatic carbocycles. The van der Waals surface area contributed by atoms with Gasteiger partial charge in [0.1, 0.15) is 0 Å². The van der Waals surface area contributed by atoms with Crippen LogP contribution in [-0.4, -0.2) is 61.4 Å². The van der Waals surface area contributed by atoms with Crippen LogP contribution >= 0.6 is 0 Å². The van der Waals surface area contributed by atoms with Gasteiger partial charge >= 0.3 is 0 Å². The molecule has 0 radical (unpaired) electrons. The second-order valence-corrected chi connectivity index (χ2v) is 4.49. The number of nitrogens with zero attached hydrogens (tertiary/aromatic N) is 2. The Morgan fingerprint density at radius 3 is 2.60 bits per heavy atom. The minimum absolute atomic E-state index is 0.0677. The minimum Gasteiger partial charge on any atom is -0.349 e. The molecule has 2 aliphatic heterocycles. The van der Waals surface area contributed by atoms with Crippen molar-refractivity contribution in [2.45, 2.75) is 12.5 Å². The molecular weight excluding hydrogens is 194 g/mol. The molecule has 1 N–H and O–H groups in total. The van der Waals surface area contributed by atoms with Crippen molar-refractivity contribution < 1.29 is 9.59 Å². The van der Waals surface area contributed by atoms with Crippen LogP contribution in [0.25, 0.3) is 0 Å². The van der Waals surface area contributed by atoms with E-state index < -0.39 is 0 Å². The zero-order chi connectivity index (χ0) is 11.0. The third-order valence-corrected chi connectivity index (χ3v) is 3.15. The first kappa shape index (κ1) is 10.4. The molecule has 0 spiro atoms. The Morgan fingerprint density at radius 2 is 2.13 bits per heavy atom. The average molecular weight is 211 g/mol. The van der Waals surface area contributed by atoms with E-state index in [1.165, 1.54) is 0 Å². The Bertz CT molecular complexity index is 286. The summed E-state index contributed by atoms with van der Waals surface area (Å²) in [5, 5.41) is 3.14. The van der Waals surface area contributed by atoms with Crippen molar-refractivity contribution in [3.05, 3.63) is 0 Å². The van der Waals surface area contributed by atoms with Gasteiger partial charge in [0.2, 0.25) is 11.8 Å². The summed E-state index contributed by atoms with van der Waals surface area (Å²) in [5.74, 6) is 0.0629. The van der Waals surface area contributed by atoms with E-state index in [1.54, 1.807) is 19.0 Å². The van der Waals surface area contributed by atoms with Gasteiger partial charge in [0.15, 0.2) is 0 Å². The number of amides is 2. The summed E-state index contributed by atoms with van der Waals surface area (Å²) in [6.07, 6.45) is 0.382. The second-order valence-electron chi connectivity index (χ2n) is 4.49. The summed E-state index contributed by atoms with van der Waals surface area (Å²) in [5.41, 5.74) is 0. The van der Waals surface area contributed by atoms with Crippen LogP contribution in [0.5, 0.6) is 0 Å². The van der Waals surface area contributed by atoms with Gasteiger partial charge in [-0.2, -0.15) is 0 Å². The summed E-state index contributed by atoms with van der Waals surface area (Å²) >= 11 is 0. The molecule has 2 aliphatic rings. The van der Waals surface area contributed by atoms with Gasteiger partial charge in [0.05, 0.1) is 12.0 Å². The maximum atomic E-state index is 11.7. The first-order valence-corrected chi connectivity index (χ1v) is 5.31. The minimum atomic E-state index is -0.131. The third kappa shape index (κ3) is 1.84. The van der Waals surface area contributed by atoms with Gasteiger partial charge in [-0.15, -0.1) is 0 Å². The van der Waals surface area contributed by atoms with Crippen LogP contribution in [0.3, 0.4) is 0 Å². The van der Waals surface area contributed by atoms with E-state index in [1.807, 2.05) is 4.90 Å². The Morgan fingerprint density at radius 1 is 1.47 bits per heavy atom. The lowest BCUT2D eigenvalue weighted by molar-refractivity contribution is -0.133. The van der Waals surface area contributed by atoms with Crippen molar-refractivity contribution in [2.24, 2.45) is 5.92 Å². The number of rotatable bonds is 2. The highest BCUT2D eigenvalue weighted by Crippen LogP contribution is 2.22. The van der Waals surface area contributed by atoms with Crippen molar-refractivity contribution in [1.82, 2.24) is 15.1 Å². The molecule has 5 nitrogen and oxygen atoms in total. The lowest BCUT2D eigenvalue weighted by Crippen LogP contribution is -2.57. The predicted octanol–water partition coefficient (Wildman–Crippen LogP) is -1.11. The van der Waals surface area contributed by atoms with Crippen LogP contribution in [0.2, 0.25) is 0 Å². The first-order valence-electron chi connectivity index (χ1n) is 5.31. The Kier molecular flexibility index (Phi) is 2.65. The second kappa shape index (κ2) is 3.81. The Balaban J connectivity index is 1.97. The van der Waals surface area contributed by atoms with Gasteiger partial charge < -0.3 is 15.1 Å². The van der Waals surface area contributed by atoms with Gasteiger partial charge in [-0.25, -0.2) is 0 Å². The fraction of sp³-hybridized carbons (Fsp3) is 0.800. The summed E-state index contributed by atoms with van der Waals surface area (Å²) in [6, 6.07) is 0.317. The largest absolute Gasteiger partial charge is 0.349 e. The molecule has 0 aromatic heterocycles. The molecule has 2 fully saturated rings. The average Bonchev–Trinajstić information content (AvgIpc) is 2.44. The van der Waals surface area contributed by atoms with Gasteiger partial charge in [-0.05, 0) is 0 Å². The number of carbonyl (C=O) groups is 2. The van der Waals surface area contributed by atoms with Crippen LogP contribution in [0.1, 0.15) is 6.42 Å². The normalized spacial score (nSPS) is 26.7. The highest BCUT2D eigenvalue weighted by molar-refractivity contribution is 5.89. The number of hydrogen-bond acceptors (Lipinski definition) is 3. The molecule has 0 saturated carbocycles. The molecule has 0 aromatic rings. The molecule has 2 rings (SSSR count). The highest BCUT2D eigenvalue weighted by atomic mass is 16.2. The van der Waals surface area contributed by atoms with Crippen LogP contribution in [0.4, 0.5) is 0 Å². The molecule has 2 saturated heterocycles. The lowest BCUT2D eigenvalue weighted by Gasteiger charge is -2.35. The summed E-state index contributed by atoms with van der Waals surface area (Å²) in [7, 11) is 3.47. The molecule has 2 heterocycles. The highest BCUT2D eigenvalue weighted by Gasteiger charge is 2.39. The number of carbonyl (C=O) groups excluding carboxylic acids is 2. The van der Waals surface area contributed by atoms with Crippen molar-refractivity contribution in [1.29, 1.82) is 0 Å². The van der Waals surface area contributed by atoms with Gasteiger partial charge in [0.25, 0.3) is 0 Å². The van der Waals surface area contributed by atoms with Gasteiger partial charge in [-0.3, -0.25) is 9.59 Å². The summed E-state index contributed by atoms with van der Waals surface area (Å²) < 4.78 is 0. The Hall–Kier alpha value is -1.10. The van der Waals surface area contributed by atoms with Crippen LogP contribution in [-0.2, 0) is 9.59 Å². The molecule has 15 heavy (non-hydrogen) atoms. The maximum Gasteiger partial charge on any atom is 0.227 e. The molecule has 84 valence electrons. The standard InChI is InChI=1S/C10H17N3O2/c1-12(2)10(15)7-3-9(14)13(6-7)8-4-11-5-8/h7-8,11H,3-6H2,1-2H3. The number of likely N-dealkylation sites (tertiary alicyclic amines) is 1. The third-order valence-electron chi connectivity index (χ3n) is 3.15. The smallest absolute Gasteiger partial charge is 0.227 e. The fourth-order valence-electron chi connectivity index (χ4n) is 2.11. The first-order chi connectivity index (χ1) is 7.09. The van der Waals surface area contributed by atoms with Crippen LogP contribution in [0, 0.1) is 5.92 Å². The molecule has 2 amide bonds. The van der Waals surface area contributed by atoms with E-state index in [9.17, 15) is 9.59 Å². The maximum absolute atomic E-state index is 11.7. The van der Waals surface area contributed by atoms with E-state index in [0.29, 0.717) is 19.0 Å². The zero-order valence-electron chi connectivity index (χ0n) is 9.19. The van der Waals surface area contributed by atoms with E-state index in [2.05, 4.69) is 5.32 Å². The summed E-state index contributed by atoms with van der Waals surface area (Å²) in [6.45, 7) is 2.34. The Labute approximate surface area is 89.4 Å². The van der Waals surface area contributed by atoms with E-state index in [0.717, 1.165) is 13.1 Å². The number of hydrogen-bond donors (Lipinski definition) is 1. The van der Waals surface area contributed by atoms with Crippen LogP contribution < -0.4 is 5.32 Å². The topological polar surface area (TPSA) is 52.7 Å².